The molecule has 0 saturated carbocycles. The average molecular weight is 442 g/mol. The van der Waals surface area contributed by atoms with Crippen LogP contribution in [0.3, 0.4) is 0 Å². The number of ether oxygens (including phenoxy) is 1. The fourth-order valence-corrected chi connectivity index (χ4v) is 4.34. The number of thiazole rings is 1. The summed E-state index contributed by atoms with van der Waals surface area (Å²) in [6, 6.07) is 7.60. The molecular weight excluding hydrogens is 417 g/mol. The number of halogens is 1. The lowest BCUT2D eigenvalue weighted by Crippen LogP contribution is -2.36. The van der Waals surface area contributed by atoms with E-state index >= 15 is 0 Å². The Balaban J connectivity index is 1.36. The molecule has 1 amide bonds. The quantitative estimate of drug-likeness (QED) is 0.498. The van der Waals surface area contributed by atoms with E-state index in [0.29, 0.717) is 17.8 Å². The predicted molar refractivity (Wildman–Crippen MR) is 118 cm³/mol. The van der Waals surface area contributed by atoms with Gasteiger partial charge in [0.25, 0.3) is 5.91 Å². The van der Waals surface area contributed by atoms with Crippen molar-refractivity contribution in [1.82, 2.24) is 15.2 Å². The molecule has 0 bridgehead atoms. The van der Waals surface area contributed by atoms with Crippen LogP contribution in [0.1, 0.15) is 28.9 Å². The molecule has 3 aromatic rings. The van der Waals surface area contributed by atoms with Gasteiger partial charge in [-0.15, -0.1) is 11.3 Å². The lowest BCUT2D eigenvalue weighted by molar-refractivity contribution is 0.0986. The highest BCUT2D eigenvalue weighted by Gasteiger charge is 2.18. The Morgan fingerprint density at radius 1 is 1.13 bits per heavy atom. The molecule has 3 heterocycles. The van der Waals surface area contributed by atoms with Crippen molar-refractivity contribution in [3.8, 4) is 0 Å². The highest BCUT2D eigenvalue weighted by molar-refractivity contribution is 7.13. The first kappa shape index (κ1) is 21.3. The second-order valence-electron chi connectivity index (χ2n) is 7.24. The SMILES string of the molecule is O=C(c1ccnnc1)N(CCCCc1csc(N2CCOCC2)n1)c1ccc(F)cc1. The standard InChI is InChI=1S/C22H24FN5O2S/c23-18-4-6-20(7-5-18)28(21(29)17-8-9-24-25-15-17)10-2-1-3-19-16-31-22(26-19)27-11-13-30-14-12-27/h4-9,15-16H,1-3,10-14H2. The third-order valence-electron chi connectivity index (χ3n) is 5.10. The summed E-state index contributed by atoms with van der Waals surface area (Å²) in [4.78, 5) is 21.7. The molecule has 0 atom stereocenters. The van der Waals surface area contributed by atoms with Gasteiger partial charge in [0.2, 0.25) is 0 Å². The molecule has 31 heavy (non-hydrogen) atoms. The van der Waals surface area contributed by atoms with Crippen LogP contribution in [0, 0.1) is 5.82 Å². The number of aryl methyl sites for hydroxylation is 1. The predicted octanol–water partition coefficient (Wildman–Crippen LogP) is 3.58. The fraction of sp³-hybridized carbons (Fsp3) is 0.364. The number of amides is 1. The normalized spacial score (nSPS) is 13.9. The van der Waals surface area contributed by atoms with Crippen molar-refractivity contribution in [1.29, 1.82) is 0 Å². The Morgan fingerprint density at radius 2 is 1.94 bits per heavy atom. The van der Waals surface area contributed by atoms with Crippen LogP contribution in [0.5, 0.6) is 0 Å². The van der Waals surface area contributed by atoms with E-state index in [-0.39, 0.29) is 11.7 Å². The highest BCUT2D eigenvalue weighted by atomic mass is 32.1. The van der Waals surface area contributed by atoms with Crippen molar-refractivity contribution < 1.29 is 13.9 Å². The molecule has 0 N–H and O–H groups in total. The van der Waals surface area contributed by atoms with Crippen LogP contribution in [0.25, 0.3) is 0 Å². The van der Waals surface area contributed by atoms with E-state index < -0.39 is 0 Å². The lowest BCUT2D eigenvalue weighted by atomic mass is 10.1. The van der Waals surface area contributed by atoms with Crippen molar-refractivity contribution in [3.63, 3.8) is 0 Å². The summed E-state index contributed by atoms with van der Waals surface area (Å²) in [5.41, 5.74) is 2.19. The van der Waals surface area contributed by atoms with E-state index in [1.165, 1.54) is 24.5 Å². The molecule has 0 radical (unpaired) electrons. The van der Waals surface area contributed by atoms with E-state index in [1.54, 1.807) is 34.4 Å². The zero-order valence-corrected chi connectivity index (χ0v) is 17.9. The van der Waals surface area contributed by atoms with Crippen LogP contribution < -0.4 is 9.80 Å². The maximum atomic E-state index is 13.4. The maximum absolute atomic E-state index is 13.4. The minimum atomic E-state index is -0.332. The number of unbranched alkanes of at least 4 members (excludes halogenated alkanes) is 1. The van der Waals surface area contributed by atoms with Crippen molar-refractivity contribution in [2.24, 2.45) is 0 Å². The van der Waals surface area contributed by atoms with Gasteiger partial charge in [-0.3, -0.25) is 4.79 Å². The summed E-state index contributed by atoms with van der Waals surface area (Å²) in [5.74, 6) is -0.508. The van der Waals surface area contributed by atoms with Gasteiger partial charge >= 0.3 is 0 Å². The number of anilines is 2. The Morgan fingerprint density at radius 3 is 2.68 bits per heavy atom. The van der Waals surface area contributed by atoms with Gasteiger partial charge in [0.15, 0.2) is 5.13 Å². The molecule has 1 aliphatic rings. The van der Waals surface area contributed by atoms with E-state index in [2.05, 4.69) is 20.5 Å². The molecule has 162 valence electrons. The van der Waals surface area contributed by atoms with Crippen LogP contribution in [0.4, 0.5) is 15.2 Å². The second-order valence-corrected chi connectivity index (χ2v) is 8.08. The van der Waals surface area contributed by atoms with Crippen molar-refractivity contribution in [2.75, 3.05) is 42.6 Å². The van der Waals surface area contributed by atoms with Gasteiger partial charge in [-0.05, 0) is 49.6 Å². The van der Waals surface area contributed by atoms with Gasteiger partial charge in [-0.1, -0.05) is 0 Å². The summed E-state index contributed by atoms with van der Waals surface area (Å²) >= 11 is 1.67. The number of rotatable bonds is 8. The van der Waals surface area contributed by atoms with E-state index in [1.807, 2.05) is 0 Å². The molecule has 9 heteroatoms. The number of hydrogen-bond acceptors (Lipinski definition) is 7. The van der Waals surface area contributed by atoms with Crippen LogP contribution in [-0.2, 0) is 11.2 Å². The summed E-state index contributed by atoms with van der Waals surface area (Å²) in [5, 5.41) is 10.7. The summed E-state index contributed by atoms with van der Waals surface area (Å²) in [6.07, 6.45) is 5.48. The van der Waals surface area contributed by atoms with Crippen LogP contribution >= 0.6 is 11.3 Å². The Kier molecular flexibility index (Phi) is 7.16. The molecule has 2 aromatic heterocycles. The van der Waals surface area contributed by atoms with Gasteiger partial charge in [0.05, 0.1) is 36.9 Å². The first-order chi connectivity index (χ1) is 15.2. The molecule has 1 saturated heterocycles. The van der Waals surface area contributed by atoms with Crippen molar-refractivity contribution in [2.45, 2.75) is 19.3 Å². The van der Waals surface area contributed by atoms with Gasteiger partial charge in [0.1, 0.15) is 5.82 Å². The summed E-state index contributed by atoms with van der Waals surface area (Å²) in [6.45, 7) is 3.77. The molecule has 0 spiro atoms. The number of morpholine rings is 1. The van der Waals surface area contributed by atoms with Gasteiger partial charge in [-0.25, -0.2) is 9.37 Å². The molecule has 7 nitrogen and oxygen atoms in total. The molecule has 1 aromatic carbocycles. The van der Waals surface area contributed by atoms with E-state index in [9.17, 15) is 9.18 Å². The number of benzene rings is 1. The van der Waals surface area contributed by atoms with Crippen LogP contribution in [-0.4, -0.2) is 53.9 Å². The number of carbonyl (C=O) groups is 1. The number of nitrogens with zero attached hydrogens (tertiary/aromatic N) is 5. The zero-order chi connectivity index (χ0) is 21.5. The molecular formula is C22H24FN5O2S. The van der Waals surface area contributed by atoms with E-state index in [0.717, 1.165) is 56.4 Å². The zero-order valence-electron chi connectivity index (χ0n) is 17.1. The van der Waals surface area contributed by atoms with Gasteiger partial charge in [-0.2, -0.15) is 10.2 Å². The average Bonchev–Trinajstić information content (AvgIpc) is 3.30. The molecule has 4 rings (SSSR count). The van der Waals surface area contributed by atoms with E-state index in [4.69, 9.17) is 9.72 Å². The Hall–Kier alpha value is -2.91. The van der Waals surface area contributed by atoms with Crippen LogP contribution in [0.15, 0.2) is 48.1 Å². The minimum Gasteiger partial charge on any atom is -0.378 e. The lowest BCUT2D eigenvalue weighted by Gasteiger charge is -2.26. The monoisotopic (exact) mass is 441 g/mol. The third kappa shape index (κ3) is 5.62. The van der Waals surface area contributed by atoms with Crippen LogP contribution in [0.2, 0.25) is 0 Å². The Bertz CT molecular complexity index is 977. The van der Waals surface area contributed by atoms with Crippen molar-refractivity contribution in [3.05, 3.63) is 65.2 Å². The second kappa shape index (κ2) is 10.4. The fourth-order valence-electron chi connectivity index (χ4n) is 3.43. The number of aromatic nitrogens is 3. The van der Waals surface area contributed by atoms with Crippen molar-refractivity contribution >= 4 is 28.1 Å². The molecule has 1 aliphatic heterocycles. The maximum Gasteiger partial charge on any atom is 0.259 e. The van der Waals surface area contributed by atoms with Gasteiger partial charge < -0.3 is 14.5 Å². The largest absolute Gasteiger partial charge is 0.378 e. The first-order valence-electron chi connectivity index (χ1n) is 10.3. The van der Waals surface area contributed by atoms with Gasteiger partial charge in [0, 0.05) is 30.7 Å². The number of hydrogen-bond donors (Lipinski definition) is 0. The summed E-state index contributed by atoms with van der Waals surface area (Å²) < 4.78 is 18.8. The third-order valence-corrected chi connectivity index (χ3v) is 6.05. The molecule has 1 fully saturated rings. The summed E-state index contributed by atoms with van der Waals surface area (Å²) in [7, 11) is 0. The Labute approximate surface area is 184 Å². The molecule has 0 unspecified atom stereocenters. The minimum absolute atomic E-state index is 0.176. The number of carbonyl (C=O) groups excluding carboxylic acids is 1. The first-order valence-corrected chi connectivity index (χ1v) is 11.2. The topological polar surface area (TPSA) is 71.5 Å². The molecule has 0 aliphatic carbocycles. The smallest absolute Gasteiger partial charge is 0.259 e. The highest BCUT2D eigenvalue weighted by Crippen LogP contribution is 2.23.